The molecule has 2 N–H and O–H groups in total. The number of nitrogens with one attached hydrogen (secondary N) is 1. The fourth-order valence-electron chi connectivity index (χ4n) is 2.32. The van der Waals surface area contributed by atoms with Crippen molar-refractivity contribution in [1.29, 1.82) is 0 Å². The minimum absolute atomic E-state index is 0.0558. The van der Waals surface area contributed by atoms with Crippen molar-refractivity contribution in [3.05, 3.63) is 0 Å². The molecule has 0 aliphatic carbocycles. The summed E-state index contributed by atoms with van der Waals surface area (Å²) in [7, 11) is 1.78. The SMILES string of the molecule is CN(C(=O)N1CCCC1)[C@H]1CNC[C@@H]1O. The first-order valence-corrected chi connectivity index (χ1v) is 5.60. The third kappa shape index (κ3) is 2.08. The highest BCUT2D eigenvalue weighted by Crippen LogP contribution is 2.14. The molecule has 0 aromatic heterocycles. The maximum Gasteiger partial charge on any atom is 0.320 e. The molecule has 15 heavy (non-hydrogen) atoms. The third-order valence-corrected chi connectivity index (χ3v) is 3.33. The molecule has 0 bridgehead atoms. The van der Waals surface area contributed by atoms with Crippen molar-refractivity contribution in [3.8, 4) is 0 Å². The summed E-state index contributed by atoms with van der Waals surface area (Å²) in [5, 5.41) is 12.8. The van der Waals surface area contributed by atoms with Gasteiger partial charge < -0.3 is 20.2 Å². The lowest BCUT2D eigenvalue weighted by Gasteiger charge is -2.30. The first kappa shape index (κ1) is 10.7. The van der Waals surface area contributed by atoms with Gasteiger partial charge in [-0.2, -0.15) is 0 Å². The number of carbonyl (C=O) groups is 1. The molecule has 86 valence electrons. The quantitative estimate of drug-likeness (QED) is 0.615. The van der Waals surface area contributed by atoms with Crippen LogP contribution in [0, 0.1) is 0 Å². The van der Waals surface area contributed by atoms with E-state index in [0.29, 0.717) is 13.1 Å². The Hall–Kier alpha value is -0.810. The number of urea groups is 1. The van der Waals surface area contributed by atoms with Gasteiger partial charge in [0.1, 0.15) is 0 Å². The number of aliphatic hydroxyl groups is 1. The van der Waals surface area contributed by atoms with Crippen LogP contribution in [0.25, 0.3) is 0 Å². The molecule has 0 unspecified atom stereocenters. The van der Waals surface area contributed by atoms with Gasteiger partial charge in [-0.1, -0.05) is 0 Å². The summed E-state index contributed by atoms with van der Waals surface area (Å²) in [5.41, 5.74) is 0. The largest absolute Gasteiger partial charge is 0.390 e. The Labute approximate surface area is 90.0 Å². The van der Waals surface area contributed by atoms with Gasteiger partial charge in [0, 0.05) is 33.2 Å². The molecule has 2 amide bonds. The highest BCUT2D eigenvalue weighted by Gasteiger charge is 2.33. The van der Waals surface area contributed by atoms with Gasteiger partial charge in [0.25, 0.3) is 0 Å². The first-order chi connectivity index (χ1) is 7.20. The van der Waals surface area contributed by atoms with E-state index in [1.165, 1.54) is 0 Å². The van der Waals surface area contributed by atoms with Crippen LogP contribution in [-0.2, 0) is 0 Å². The summed E-state index contributed by atoms with van der Waals surface area (Å²) < 4.78 is 0. The van der Waals surface area contributed by atoms with Crippen LogP contribution in [0.4, 0.5) is 4.79 Å². The number of hydrogen-bond donors (Lipinski definition) is 2. The molecule has 2 aliphatic rings. The van der Waals surface area contributed by atoms with E-state index >= 15 is 0 Å². The lowest BCUT2D eigenvalue weighted by molar-refractivity contribution is 0.0966. The molecule has 2 fully saturated rings. The van der Waals surface area contributed by atoms with E-state index in [9.17, 15) is 9.90 Å². The summed E-state index contributed by atoms with van der Waals surface area (Å²) in [6, 6.07) is -0.0154. The predicted molar refractivity (Wildman–Crippen MR) is 56.6 cm³/mol. The molecular weight excluding hydrogens is 194 g/mol. The zero-order valence-electron chi connectivity index (χ0n) is 9.15. The Balaban J connectivity index is 1.94. The van der Waals surface area contributed by atoms with Crippen LogP contribution >= 0.6 is 0 Å². The van der Waals surface area contributed by atoms with Crippen LogP contribution in [0.15, 0.2) is 0 Å². The Kier molecular flexibility index (Phi) is 3.11. The summed E-state index contributed by atoms with van der Waals surface area (Å²) >= 11 is 0. The second kappa shape index (κ2) is 4.37. The van der Waals surface area contributed by atoms with Crippen molar-refractivity contribution in [2.24, 2.45) is 0 Å². The second-order valence-corrected chi connectivity index (χ2v) is 4.38. The highest BCUT2D eigenvalue weighted by molar-refractivity contribution is 5.75. The number of β-amino-alcohol motifs (C(OH)–C–C–N with tert-alkyl or cyclic N) is 1. The standard InChI is InChI=1S/C10H19N3O2/c1-12(8-6-11-7-9(8)14)10(15)13-4-2-3-5-13/h8-9,11,14H,2-7H2,1H3/t8-,9-/m0/s1. The van der Waals surface area contributed by atoms with Crippen molar-refractivity contribution >= 4 is 6.03 Å². The normalized spacial score (nSPS) is 30.9. The van der Waals surface area contributed by atoms with Gasteiger partial charge >= 0.3 is 6.03 Å². The van der Waals surface area contributed by atoms with Gasteiger partial charge in [-0.05, 0) is 12.8 Å². The molecule has 2 atom stereocenters. The van der Waals surface area contributed by atoms with E-state index in [1.54, 1.807) is 11.9 Å². The molecule has 2 rings (SSSR count). The van der Waals surface area contributed by atoms with Gasteiger partial charge in [0.2, 0.25) is 0 Å². The van der Waals surface area contributed by atoms with Crippen LogP contribution in [0.1, 0.15) is 12.8 Å². The van der Waals surface area contributed by atoms with Crippen LogP contribution in [0.5, 0.6) is 0 Å². The zero-order valence-corrected chi connectivity index (χ0v) is 9.15. The number of rotatable bonds is 1. The minimum atomic E-state index is -0.429. The third-order valence-electron chi connectivity index (χ3n) is 3.33. The second-order valence-electron chi connectivity index (χ2n) is 4.38. The Morgan fingerprint density at radius 3 is 2.60 bits per heavy atom. The summed E-state index contributed by atoms with van der Waals surface area (Å²) in [5.74, 6) is 0. The van der Waals surface area contributed by atoms with E-state index in [-0.39, 0.29) is 12.1 Å². The lowest BCUT2D eigenvalue weighted by Crippen LogP contribution is -2.49. The van der Waals surface area contributed by atoms with Gasteiger partial charge in [0.15, 0.2) is 0 Å². The average molecular weight is 213 g/mol. The molecule has 0 aromatic carbocycles. The lowest BCUT2D eigenvalue weighted by atomic mass is 10.2. The Morgan fingerprint density at radius 1 is 1.40 bits per heavy atom. The van der Waals surface area contributed by atoms with Gasteiger partial charge in [-0.3, -0.25) is 0 Å². The Bertz CT molecular complexity index is 241. The summed E-state index contributed by atoms with van der Waals surface area (Å²) in [6.07, 6.45) is 1.78. The summed E-state index contributed by atoms with van der Waals surface area (Å²) in [6.45, 7) is 3.00. The molecular formula is C10H19N3O2. The van der Waals surface area contributed by atoms with E-state index < -0.39 is 6.10 Å². The van der Waals surface area contributed by atoms with Crippen LogP contribution in [0.2, 0.25) is 0 Å². The molecule has 0 radical (unpaired) electrons. The van der Waals surface area contributed by atoms with E-state index in [4.69, 9.17) is 0 Å². The number of likely N-dealkylation sites (N-methyl/N-ethyl adjacent to an activating group) is 1. The van der Waals surface area contributed by atoms with Crippen molar-refractivity contribution in [2.75, 3.05) is 33.2 Å². The molecule has 2 aliphatic heterocycles. The Morgan fingerprint density at radius 2 is 2.07 bits per heavy atom. The highest BCUT2D eigenvalue weighted by atomic mass is 16.3. The maximum absolute atomic E-state index is 12.0. The van der Waals surface area contributed by atoms with E-state index in [0.717, 1.165) is 25.9 Å². The fourth-order valence-corrected chi connectivity index (χ4v) is 2.32. The number of likely N-dealkylation sites (tertiary alicyclic amines) is 1. The van der Waals surface area contributed by atoms with Crippen molar-refractivity contribution < 1.29 is 9.90 Å². The smallest absolute Gasteiger partial charge is 0.320 e. The van der Waals surface area contributed by atoms with Gasteiger partial charge in [0.05, 0.1) is 12.1 Å². The van der Waals surface area contributed by atoms with Gasteiger partial charge in [-0.25, -0.2) is 4.79 Å². The van der Waals surface area contributed by atoms with Crippen molar-refractivity contribution in [1.82, 2.24) is 15.1 Å². The number of nitrogens with zero attached hydrogens (tertiary/aromatic N) is 2. The summed E-state index contributed by atoms with van der Waals surface area (Å²) in [4.78, 5) is 15.5. The molecule has 0 aromatic rings. The average Bonchev–Trinajstić information content (AvgIpc) is 2.85. The van der Waals surface area contributed by atoms with Crippen molar-refractivity contribution in [2.45, 2.75) is 25.0 Å². The minimum Gasteiger partial charge on any atom is -0.390 e. The molecule has 2 saturated heterocycles. The van der Waals surface area contributed by atoms with Gasteiger partial charge in [-0.15, -0.1) is 0 Å². The number of aliphatic hydroxyl groups excluding tert-OH is 1. The van der Waals surface area contributed by atoms with Crippen LogP contribution < -0.4 is 5.32 Å². The molecule has 0 saturated carbocycles. The molecule has 5 heteroatoms. The molecule has 2 heterocycles. The van der Waals surface area contributed by atoms with E-state index in [1.807, 2.05) is 4.90 Å². The van der Waals surface area contributed by atoms with Crippen LogP contribution in [0.3, 0.4) is 0 Å². The number of hydrogen-bond acceptors (Lipinski definition) is 3. The topological polar surface area (TPSA) is 55.8 Å². The first-order valence-electron chi connectivity index (χ1n) is 5.60. The van der Waals surface area contributed by atoms with Crippen LogP contribution in [-0.4, -0.2) is 66.3 Å². The van der Waals surface area contributed by atoms with Crippen molar-refractivity contribution in [3.63, 3.8) is 0 Å². The zero-order chi connectivity index (χ0) is 10.8. The maximum atomic E-state index is 12.0. The predicted octanol–water partition coefficient (Wildman–Crippen LogP) is -0.533. The van der Waals surface area contributed by atoms with E-state index in [2.05, 4.69) is 5.32 Å². The number of carbonyl (C=O) groups excluding carboxylic acids is 1. The fraction of sp³-hybridized carbons (Fsp3) is 0.900. The molecule has 5 nitrogen and oxygen atoms in total. The monoisotopic (exact) mass is 213 g/mol. The number of amides is 2. The molecule has 0 spiro atoms.